The van der Waals surface area contributed by atoms with Crippen LogP contribution in [0.2, 0.25) is 0 Å². The van der Waals surface area contributed by atoms with E-state index in [9.17, 15) is 9.18 Å². The lowest BCUT2D eigenvalue weighted by Gasteiger charge is -2.06. The highest BCUT2D eigenvalue weighted by Crippen LogP contribution is 2.09. The Morgan fingerprint density at radius 2 is 2.00 bits per heavy atom. The molecule has 92 valence electrons. The standard InChI is InChI=1S/C14H13FN2O/c1-10-5-2-3-6-11(10)9-14(18)17-13-8-4-7-12(15)16-13/h2-8H,9H2,1H3,(H,16,17,18). The number of hydrogen-bond donors (Lipinski definition) is 1. The minimum atomic E-state index is -0.608. The summed E-state index contributed by atoms with van der Waals surface area (Å²) in [5, 5.41) is 2.57. The van der Waals surface area contributed by atoms with Crippen molar-refractivity contribution < 1.29 is 9.18 Å². The van der Waals surface area contributed by atoms with Gasteiger partial charge in [-0.25, -0.2) is 4.98 Å². The van der Waals surface area contributed by atoms with Gasteiger partial charge in [0.05, 0.1) is 6.42 Å². The number of amides is 1. The van der Waals surface area contributed by atoms with Crippen LogP contribution in [0.1, 0.15) is 11.1 Å². The molecule has 0 fully saturated rings. The number of aryl methyl sites for hydroxylation is 1. The van der Waals surface area contributed by atoms with Gasteiger partial charge in [-0.2, -0.15) is 4.39 Å². The van der Waals surface area contributed by atoms with Gasteiger partial charge < -0.3 is 5.32 Å². The molecule has 0 unspecified atom stereocenters. The highest BCUT2D eigenvalue weighted by atomic mass is 19.1. The van der Waals surface area contributed by atoms with Gasteiger partial charge >= 0.3 is 0 Å². The Morgan fingerprint density at radius 1 is 1.22 bits per heavy atom. The Morgan fingerprint density at radius 3 is 2.72 bits per heavy atom. The second kappa shape index (κ2) is 5.40. The summed E-state index contributed by atoms with van der Waals surface area (Å²) in [5.41, 5.74) is 2.01. The van der Waals surface area contributed by atoms with E-state index in [2.05, 4.69) is 10.3 Å². The molecule has 1 heterocycles. The van der Waals surface area contributed by atoms with Crippen LogP contribution in [0, 0.1) is 12.9 Å². The minimum absolute atomic E-state index is 0.206. The van der Waals surface area contributed by atoms with Crippen LogP contribution in [0.3, 0.4) is 0 Å². The number of anilines is 1. The lowest BCUT2D eigenvalue weighted by Crippen LogP contribution is -2.16. The zero-order chi connectivity index (χ0) is 13.0. The van der Waals surface area contributed by atoms with Crippen molar-refractivity contribution in [3.8, 4) is 0 Å². The van der Waals surface area contributed by atoms with Crippen LogP contribution in [0.5, 0.6) is 0 Å². The van der Waals surface area contributed by atoms with Crippen molar-refractivity contribution in [1.82, 2.24) is 4.98 Å². The summed E-state index contributed by atoms with van der Waals surface area (Å²) in [6.45, 7) is 1.95. The number of carbonyl (C=O) groups excluding carboxylic acids is 1. The number of nitrogens with zero attached hydrogens (tertiary/aromatic N) is 1. The summed E-state index contributed by atoms with van der Waals surface area (Å²) in [5.74, 6) is -0.584. The maximum absolute atomic E-state index is 12.8. The molecule has 0 aliphatic heterocycles. The topological polar surface area (TPSA) is 42.0 Å². The van der Waals surface area contributed by atoms with Gasteiger partial charge in [0.2, 0.25) is 11.9 Å². The first-order valence-corrected chi connectivity index (χ1v) is 5.62. The van der Waals surface area contributed by atoms with Crippen LogP contribution in [0.25, 0.3) is 0 Å². The number of benzene rings is 1. The minimum Gasteiger partial charge on any atom is -0.310 e. The van der Waals surface area contributed by atoms with E-state index >= 15 is 0 Å². The Kier molecular flexibility index (Phi) is 3.67. The fraction of sp³-hybridized carbons (Fsp3) is 0.143. The van der Waals surface area contributed by atoms with Gasteiger partial charge in [-0.1, -0.05) is 30.3 Å². The predicted molar refractivity (Wildman–Crippen MR) is 67.7 cm³/mol. The fourth-order valence-corrected chi connectivity index (χ4v) is 1.65. The molecule has 0 saturated carbocycles. The first kappa shape index (κ1) is 12.2. The van der Waals surface area contributed by atoms with Crippen molar-refractivity contribution in [2.75, 3.05) is 5.32 Å². The third-order valence-corrected chi connectivity index (χ3v) is 2.59. The zero-order valence-corrected chi connectivity index (χ0v) is 9.98. The molecule has 1 aromatic heterocycles. The largest absolute Gasteiger partial charge is 0.310 e. The molecular weight excluding hydrogens is 231 g/mol. The van der Waals surface area contributed by atoms with Crippen molar-refractivity contribution >= 4 is 11.7 Å². The van der Waals surface area contributed by atoms with Crippen LogP contribution < -0.4 is 5.32 Å². The highest BCUT2D eigenvalue weighted by Gasteiger charge is 2.07. The van der Waals surface area contributed by atoms with Gasteiger partial charge in [0.25, 0.3) is 0 Å². The quantitative estimate of drug-likeness (QED) is 0.843. The second-order valence-electron chi connectivity index (χ2n) is 4.00. The van der Waals surface area contributed by atoms with Crippen LogP contribution in [0.15, 0.2) is 42.5 Å². The van der Waals surface area contributed by atoms with Gasteiger partial charge in [0.15, 0.2) is 0 Å². The summed E-state index contributed by atoms with van der Waals surface area (Å²) in [7, 11) is 0. The lowest BCUT2D eigenvalue weighted by atomic mass is 10.1. The van der Waals surface area contributed by atoms with Crippen molar-refractivity contribution in [3.05, 3.63) is 59.5 Å². The van der Waals surface area contributed by atoms with Gasteiger partial charge in [-0.3, -0.25) is 4.79 Å². The molecule has 0 radical (unpaired) electrons. The molecule has 18 heavy (non-hydrogen) atoms. The molecular formula is C14H13FN2O. The van der Waals surface area contributed by atoms with E-state index in [0.29, 0.717) is 0 Å². The molecule has 4 heteroatoms. The molecule has 0 aliphatic carbocycles. The summed E-state index contributed by atoms with van der Waals surface area (Å²) >= 11 is 0. The van der Waals surface area contributed by atoms with Crippen LogP contribution >= 0.6 is 0 Å². The normalized spacial score (nSPS) is 10.1. The average molecular weight is 244 g/mol. The lowest BCUT2D eigenvalue weighted by molar-refractivity contribution is -0.115. The van der Waals surface area contributed by atoms with E-state index in [0.717, 1.165) is 11.1 Å². The highest BCUT2D eigenvalue weighted by molar-refractivity contribution is 5.91. The Balaban J connectivity index is 2.03. The monoisotopic (exact) mass is 244 g/mol. The smallest absolute Gasteiger partial charge is 0.229 e. The van der Waals surface area contributed by atoms with Crippen molar-refractivity contribution in [1.29, 1.82) is 0 Å². The number of halogens is 1. The predicted octanol–water partition coefficient (Wildman–Crippen LogP) is 2.71. The molecule has 1 amide bonds. The van der Waals surface area contributed by atoms with Crippen LogP contribution in [-0.4, -0.2) is 10.9 Å². The number of nitrogens with one attached hydrogen (secondary N) is 1. The van der Waals surface area contributed by atoms with Crippen molar-refractivity contribution in [3.63, 3.8) is 0 Å². The van der Waals surface area contributed by atoms with E-state index in [4.69, 9.17) is 0 Å². The Hall–Kier alpha value is -2.23. The van der Waals surface area contributed by atoms with E-state index in [-0.39, 0.29) is 18.1 Å². The first-order valence-electron chi connectivity index (χ1n) is 5.62. The van der Waals surface area contributed by atoms with Gasteiger partial charge in [-0.15, -0.1) is 0 Å². The third-order valence-electron chi connectivity index (χ3n) is 2.59. The fourth-order valence-electron chi connectivity index (χ4n) is 1.65. The first-order chi connectivity index (χ1) is 8.65. The van der Waals surface area contributed by atoms with Gasteiger partial charge in [0.1, 0.15) is 5.82 Å². The van der Waals surface area contributed by atoms with E-state index in [1.54, 1.807) is 6.07 Å². The maximum Gasteiger partial charge on any atom is 0.229 e. The SMILES string of the molecule is Cc1ccccc1CC(=O)Nc1cccc(F)n1. The summed E-state index contributed by atoms with van der Waals surface area (Å²) < 4.78 is 12.8. The number of hydrogen-bond acceptors (Lipinski definition) is 2. The molecule has 0 saturated heterocycles. The van der Waals surface area contributed by atoms with E-state index < -0.39 is 5.95 Å². The summed E-state index contributed by atoms with van der Waals surface area (Å²) in [6.07, 6.45) is 0.255. The number of rotatable bonds is 3. The number of pyridine rings is 1. The van der Waals surface area contributed by atoms with Crippen LogP contribution in [-0.2, 0) is 11.2 Å². The number of aromatic nitrogens is 1. The molecule has 0 spiro atoms. The summed E-state index contributed by atoms with van der Waals surface area (Å²) in [4.78, 5) is 15.4. The molecule has 1 aromatic carbocycles. The van der Waals surface area contributed by atoms with Gasteiger partial charge in [-0.05, 0) is 30.2 Å². The molecule has 0 bridgehead atoms. The maximum atomic E-state index is 12.8. The molecule has 2 rings (SSSR count). The Labute approximate surface area is 105 Å². The van der Waals surface area contributed by atoms with E-state index in [1.165, 1.54) is 12.1 Å². The molecule has 0 aliphatic rings. The zero-order valence-electron chi connectivity index (χ0n) is 9.98. The Bertz CT molecular complexity index is 569. The van der Waals surface area contributed by atoms with Crippen molar-refractivity contribution in [2.24, 2.45) is 0 Å². The second-order valence-corrected chi connectivity index (χ2v) is 4.00. The van der Waals surface area contributed by atoms with Crippen molar-refractivity contribution in [2.45, 2.75) is 13.3 Å². The van der Waals surface area contributed by atoms with Gasteiger partial charge in [0, 0.05) is 0 Å². The molecule has 1 N–H and O–H groups in total. The molecule has 0 atom stereocenters. The van der Waals surface area contributed by atoms with Crippen LogP contribution in [0.4, 0.5) is 10.2 Å². The molecule has 2 aromatic rings. The van der Waals surface area contributed by atoms with E-state index in [1.807, 2.05) is 31.2 Å². The average Bonchev–Trinajstić information content (AvgIpc) is 2.32. The third kappa shape index (κ3) is 3.13. The molecule has 3 nitrogen and oxygen atoms in total. The summed E-state index contributed by atoms with van der Waals surface area (Å²) in [6, 6.07) is 11.9. The number of carbonyl (C=O) groups is 1.